The van der Waals surface area contributed by atoms with Gasteiger partial charge in [0.25, 0.3) is 0 Å². The molecule has 0 bridgehead atoms. The summed E-state index contributed by atoms with van der Waals surface area (Å²) in [5, 5.41) is 16.5. The van der Waals surface area contributed by atoms with Crippen LogP contribution < -0.4 is 10.6 Å². The summed E-state index contributed by atoms with van der Waals surface area (Å²) in [6.07, 6.45) is 0.229. The zero-order valence-corrected chi connectivity index (χ0v) is 12.8. The SMILES string of the molecule is CCNC(=NCC(C)C)NCCC(O)c1ccccc1. The summed E-state index contributed by atoms with van der Waals surface area (Å²) in [5.74, 6) is 1.36. The van der Waals surface area contributed by atoms with E-state index in [-0.39, 0.29) is 0 Å². The molecule has 112 valence electrons. The lowest BCUT2D eigenvalue weighted by atomic mass is 10.1. The number of nitrogens with one attached hydrogen (secondary N) is 2. The Hall–Kier alpha value is -1.55. The molecule has 4 nitrogen and oxygen atoms in total. The molecule has 0 aliphatic rings. The van der Waals surface area contributed by atoms with Crippen molar-refractivity contribution in [1.29, 1.82) is 0 Å². The molecule has 1 atom stereocenters. The maximum Gasteiger partial charge on any atom is 0.191 e. The Labute approximate surface area is 122 Å². The van der Waals surface area contributed by atoms with Crippen LogP contribution in [0.2, 0.25) is 0 Å². The minimum atomic E-state index is -0.434. The molecule has 0 aliphatic heterocycles. The molecule has 1 unspecified atom stereocenters. The summed E-state index contributed by atoms with van der Waals surface area (Å²) < 4.78 is 0. The second kappa shape index (κ2) is 9.37. The molecule has 1 aromatic carbocycles. The van der Waals surface area contributed by atoms with Gasteiger partial charge < -0.3 is 15.7 Å². The predicted molar refractivity (Wildman–Crippen MR) is 84.8 cm³/mol. The van der Waals surface area contributed by atoms with Crippen LogP contribution in [0.15, 0.2) is 35.3 Å². The van der Waals surface area contributed by atoms with Gasteiger partial charge in [-0.25, -0.2) is 0 Å². The van der Waals surface area contributed by atoms with Crippen molar-refractivity contribution < 1.29 is 5.11 Å². The van der Waals surface area contributed by atoms with Crippen molar-refractivity contribution in [2.75, 3.05) is 19.6 Å². The van der Waals surface area contributed by atoms with E-state index in [1.807, 2.05) is 37.3 Å². The molecular weight excluding hydrogens is 250 g/mol. The molecule has 1 rings (SSSR count). The average Bonchev–Trinajstić information content (AvgIpc) is 2.45. The number of aliphatic hydroxyl groups excluding tert-OH is 1. The van der Waals surface area contributed by atoms with Gasteiger partial charge in [-0.3, -0.25) is 4.99 Å². The van der Waals surface area contributed by atoms with E-state index < -0.39 is 6.10 Å². The molecule has 0 fully saturated rings. The van der Waals surface area contributed by atoms with Gasteiger partial charge in [0.2, 0.25) is 0 Å². The number of guanidine groups is 1. The highest BCUT2D eigenvalue weighted by atomic mass is 16.3. The summed E-state index contributed by atoms with van der Waals surface area (Å²) >= 11 is 0. The third kappa shape index (κ3) is 6.57. The zero-order chi connectivity index (χ0) is 14.8. The average molecular weight is 277 g/mol. The molecule has 20 heavy (non-hydrogen) atoms. The lowest BCUT2D eigenvalue weighted by Crippen LogP contribution is -2.38. The number of hydrogen-bond donors (Lipinski definition) is 3. The zero-order valence-electron chi connectivity index (χ0n) is 12.8. The van der Waals surface area contributed by atoms with Crippen molar-refractivity contribution in [2.24, 2.45) is 10.9 Å². The van der Waals surface area contributed by atoms with Crippen LogP contribution in [0.4, 0.5) is 0 Å². The third-order valence-corrected chi connectivity index (χ3v) is 2.85. The van der Waals surface area contributed by atoms with Gasteiger partial charge in [0.15, 0.2) is 5.96 Å². The van der Waals surface area contributed by atoms with Gasteiger partial charge in [-0.2, -0.15) is 0 Å². The minimum Gasteiger partial charge on any atom is -0.388 e. The van der Waals surface area contributed by atoms with Gasteiger partial charge in [-0.15, -0.1) is 0 Å². The molecule has 0 radical (unpaired) electrons. The van der Waals surface area contributed by atoms with Gasteiger partial charge in [0.1, 0.15) is 0 Å². The Morgan fingerprint density at radius 3 is 2.50 bits per heavy atom. The lowest BCUT2D eigenvalue weighted by Gasteiger charge is -2.14. The van der Waals surface area contributed by atoms with Gasteiger partial charge in [0.05, 0.1) is 6.10 Å². The van der Waals surface area contributed by atoms with E-state index >= 15 is 0 Å². The Morgan fingerprint density at radius 1 is 1.20 bits per heavy atom. The fourth-order valence-electron chi connectivity index (χ4n) is 1.78. The second-order valence-corrected chi connectivity index (χ2v) is 5.26. The van der Waals surface area contributed by atoms with E-state index in [0.717, 1.165) is 24.6 Å². The molecule has 0 saturated heterocycles. The monoisotopic (exact) mass is 277 g/mol. The maximum atomic E-state index is 10.1. The van der Waals surface area contributed by atoms with Gasteiger partial charge in [-0.1, -0.05) is 44.2 Å². The van der Waals surface area contributed by atoms with Gasteiger partial charge in [-0.05, 0) is 24.8 Å². The van der Waals surface area contributed by atoms with Crippen LogP contribution in [0.25, 0.3) is 0 Å². The number of aliphatic imine (C=N–C) groups is 1. The summed E-state index contributed by atoms with van der Waals surface area (Å²) in [4.78, 5) is 4.50. The van der Waals surface area contributed by atoms with E-state index in [1.165, 1.54) is 0 Å². The van der Waals surface area contributed by atoms with Crippen LogP contribution in [-0.4, -0.2) is 30.7 Å². The van der Waals surface area contributed by atoms with Crippen LogP contribution in [0.1, 0.15) is 38.9 Å². The first-order valence-electron chi connectivity index (χ1n) is 7.38. The number of aliphatic hydroxyl groups is 1. The van der Waals surface area contributed by atoms with Crippen molar-refractivity contribution in [3.05, 3.63) is 35.9 Å². The van der Waals surface area contributed by atoms with E-state index in [1.54, 1.807) is 0 Å². The number of rotatable bonds is 7. The largest absolute Gasteiger partial charge is 0.388 e. The van der Waals surface area contributed by atoms with E-state index in [2.05, 4.69) is 29.5 Å². The number of benzene rings is 1. The first kappa shape index (κ1) is 16.5. The fraction of sp³-hybridized carbons (Fsp3) is 0.562. The highest BCUT2D eigenvalue weighted by Crippen LogP contribution is 2.14. The summed E-state index contributed by atoms with van der Waals surface area (Å²) in [5.41, 5.74) is 0.957. The van der Waals surface area contributed by atoms with Crippen molar-refractivity contribution in [3.63, 3.8) is 0 Å². The minimum absolute atomic E-state index is 0.434. The fourth-order valence-corrected chi connectivity index (χ4v) is 1.78. The molecule has 1 aromatic rings. The van der Waals surface area contributed by atoms with Gasteiger partial charge >= 0.3 is 0 Å². The van der Waals surface area contributed by atoms with Crippen LogP contribution in [0.3, 0.4) is 0 Å². The first-order chi connectivity index (χ1) is 9.63. The highest BCUT2D eigenvalue weighted by molar-refractivity contribution is 5.79. The van der Waals surface area contributed by atoms with Crippen molar-refractivity contribution in [3.8, 4) is 0 Å². The molecule has 0 amide bonds. The maximum absolute atomic E-state index is 10.1. The molecule has 4 heteroatoms. The third-order valence-electron chi connectivity index (χ3n) is 2.85. The lowest BCUT2D eigenvalue weighted by molar-refractivity contribution is 0.168. The van der Waals surface area contributed by atoms with Crippen molar-refractivity contribution in [1.82, 2.24) is 10.6 Å². The predicted octanol–water partition coefficient (Wildman–Crippen LogP) is 2.32. The molecule has 0 aromatic heterocycles. The van der Waals surface area contributed by atoms with E-state index in [9.17, 15) is 5.11 Å². The molecule has 0 saturated carbocycles. The normalized spacial score (nSPS) is 13.3. The second-order valence-electron chi connectivity index (χ2n) is 5.26. The topological polar surface area (TPSA) is 56.7 Å². The van der Waals surface area contributed by atoms with Crippen molar-refractivity contribution >= 4 is 5.96 Å². The first-order valence-corrected chi connectivity index (χ1v) is 7.38. The molecular formula is C16H27N3O. The van der Waals surface area contributed by atoms with Crippen LogP contribution >= 0.6 is 0 Å². The molecule has 0 spiro atoms. The quantitative estimate of drug-likeness (QED) is 0.529. The van der Waals surface area contributed by atoms with Crippen molar-refractivity contribution in [2.45, 2.75) is 33.3 Å². The standard InChI is InChI=1S/C16H27N3O/c1-4-17-16(19-12-13(2)3)18-11-10-15(20)14-8-6-5-7-9-14/h5-9,13,15,20H,4,10-12H2,1-3H3,(H2,17,18,19). The Bertz CT molecular complexity index is 390. The van der Waals surface area contributed by atoms with E-state index in [4.69, 9.17) is 0 Å². The van der Waals surface area contributed by atoms with E-state index in [0.29, 0.717) is 18.9 Å². The van der Waals surface area contributed by atoms with Crippen LogP contribution in [0, 0.1) is 5.92 Å². The molecule has 0 aliphatic carbocycles. The number of hydrogen-bond acceptors (Lipinski definition) is 2. The van der Waals surface area contributed by atoms with Crippen LogP contribution in [0.5, 0.6) is 0 Å². The number of nitrogens with zero attached hydrogens (tertiary/aromatic N) is 1. The Morgan fingerprint density at radius 2 is 1.90 bits per heavy atom. The highest BCUT2D eigenvalue weighted by Gasteiger charge is 2.06. The Kier molecular flexibility index (Phi) is 7.73. The smallest absolute Gasteiger partial charge is 0.191 e. The Balaban J connectivity index is 2.38. The molecule has 0 heterocycles. The van der Waals surface area contributed by atoms with Gasteiger partial charge in [0, 0.05) is 19.6 Å². The summed E-state index contributed by atoms with van der Waals surface area (Å²) in [6.45, 7) is 8.67. The molecule has 3 N–H and O–H groups in total. The van der Waals surface area contributed by atoms with Crippen LogP contribution in [-0.2, 0) is 0 Å². The summed E-state index contributed by atoms with van der Waals surface area (Å²) in [7, 11) is 0. The summed E-state index contributed by atoms with van der Waals surface area (Å²) in [6, 6.07) is 9.74.